The van der Waals surface area contributed by atoms with E-state index in [0.717, 1.165) is 22.5 Å². The Morgan fingerprint density at radius 2 is 2.00 bits per heavy atom. The van der Waals surface area contributed by atoms with Crippen LogP contribution < -0.4 is 5.23 Å². The molecule has 3 nitrogen and oxygen atoms in total. The summed E-state index contributed by atoms with van der Waals surface area (Å²) in [5.41, 5.74) is 3.98. The van der Waals surface area contributed by atoms with Gasteiger partial charge >= 0.3 is 7.05 Å². The van der Waals surface area contributed by atoms with Gasteiger partial charge in [-0.3, -0.25) is 4.98 Å². The van der Waals surface area contributed by atoms with Crippen LogP contribution in [0.15, 0.2) is 42.6 Å². The van der Waals surface area contributed by atoms with Crippen molar-refractivity contribution < 1.29 is 5.02 Å². The molecular weight excluding hydrogens is 211 g/mol. The highest BCUT2D eigenvalue weighted by molar-refractivity contribution is 6.53. The second-order valence-electron chi connectivity index (χ2n) is 4.03. The Morgan fingerprint density at radius 1 is 1.18 bits per heavy atom. The van der Waals surface area contributed by atoms with E-state index in [-0.39, 0.29) is 0 Å². The van der Waals surface area contributed by atoms with E-state index in [1.165, 1.54) is 0 Å². The minimum atomic E-state index is -0.584. The SMILES string of the molecule is CB(O)Nc1cccc(C)c1-c1ccccn1. The first-order chi connectivity index (χ1) is 8.18. The lowest BCUT2D eigenvalue weighted by Crippen LogP contribution is -2.20. The Hall–Kier alpha value is -1.81. The molecule has 2 aromatic rings. The van der Waals surface area contributed by atoms with E-state index in [4.69, 9.17) is 0 Å². The van der Waals surface area contributed by atoms with E-state index in [1.54, 1.807) is 13.0 Å². The molecule has 4 heteroatoms. The van der Waals surface area contributed by atoms with Gasteiger partial charge in [0.1, 0.15) is 0 Å². The zero-order valence-electron chi connectivity index (χ0n) is 10.0. The van der Waals surface area contributed by atoms with Gasteiger partial charge < -0.3 is 10.3 Å². The molecule has 2 rings (SSSR count). The fourth-order valence-corrected chi connectivity index (χ4v) is 1.86. The molecule has 0 fully saturated rings. The summed E-state index contributed by atoms with van der Waals surface area (Å²) in [6.45, 7) is 3.74. The molecule has 0 aliphatic rings. The van der Waals surface area contributed by atoms with E-state index in [2.05, 4.69) is 10.2 Å². The van der Waals surface area contributed by atoms with E-state index >= 15 is 0 Å². The minimum Gasteiger partial charge on any atom is -0.433 e. The van der Waals surface area contributed by atoms with E-state index < -0.39 is 7.05 Å². The van der Waals surface area contributed by atoms with E-state index in [0.29, 0.717) is 0 Å². The first-order valence-corrected chi connectivity index (χ1v) is 5.64. The maximum Gasteiger partial charge on any atom is 0.406 e. The molecule has 0 atom stereocenters. The normalized spacial score (nSPS) is 10.1. The van der Waals surface area contributed by atoms with Gasteiger partial charge in [-0.1, -0.05) is 18.2 Å². The molecule has 86 valence electrons. The number of benzene rings is 1. The van der Waals surface area contributed by atoms with Crippen LogP contribution in [0.1, 0.15) is 5.56 Å². The monoisotopic (exact) mass is 226 g/mol. The van der Waals surface area contributed by atoms with Gasteiger partial charge in [0.15, 0.2) is 0 Å². The largest absolute Gasteiger partial charge is 0.433 e. The number of aryl methyl sites for hydroxylation is 1. The first-order valence-electron chi connectivity index (χ1n) is 5.64. The molecule has 1 aromatic carbocycles. The summed E-state index contributed by atoms with van der Waals surface area (Å²) >= 11 is 0. The van der Waals surface area contributed by atoms with Crippen LogP contribution in [0.5, 0.6) is 0 Å². The number of rotatable bonds is 3. The zero-order valence-corrected chi connectivity index (χ0v) is 10.0. The van der Waals surface area contributed by atoms with Crippen LogP contribution >= 0.6 is 0 Å². The highest BCUT2D eigenvalue weighted by Gasteiger charge is 2.11. The van der Waals surface area contributed by atoms with Gasteiger partial charge in [-0.05, 0) is 37.5 Å². The third-order valence-electron chi connectivity index (χ3n) is 2.56. The van der Waals surface area contributed by atoms with E-state index in [1.807, 2.05) is 43.3 Å². The van der Waals surface area contributed by atoms with Crippen LogP contribution in [-0.4, -0.2) is 17.1 Å². The van der Waals surface area contributed by atoms with Crippen molar-refractivity contribution in [2.75, 3.05) is 5.23 Å². The number of nitrogens with one attached hydrogen (secondary N) is 1. The van der Waals surface area contributed by atoms with Crippen LogP contribution in [-0.2, 0) is 0 Å². The third-order valence-corrected chi connectivity index (χ3v) is 2.56. The number of hydrogen-bond donors (Lipinski definition) is 2. The van der Waals surface area contributed by atoms with Crippen molar-refractivity contribution in [3.8, 4) is 11.3 Å². The molecule has 0 saturated carbocycles. The van der Waals surface area contributed by atoms with Crippen molar-refractivity contribution in [1.29, 1.82) is 0 Å². The van der Waals surface area contributed by atoms with Crippen LogP contribution in [0.4, 0.5) is 5.69 Å². The van der Waals surface area contributed by atoms with Crippen LogP contribution in [0.3, 0.4) is 0 Å². The molecule has 0 radical (unpaired) electrons. The quantitative estimate of drug-likeness (QED) is 0.790. The maximum atomic E-state index is 9.44. The standard InChI is InChI=1S/C13H15BN2O/c1-10-6-5-8-12(16-14(2)17)13(10)11-7-3-4-9-15-11/h3-9,16-17H,1-2H3. The molecule has 1 heterocycles. The van der Waals surface area contributed by atoms with Crippen LogP contribution in [0.25, 0.3) is 11.3 Å². The van der Waals surface area contributed by atoms with Crippen molar-refractivity contribution in [2.24, 2.45) is 0 Å². The molecule has 0 bridgehead atoms. The van der Waals surface area contributed by atoms with Crippen LogP contribution in [0.2, 0.25) is 6.82 Å². The topological polar surface area (TPSA) is 45.1 Å². The lowest BCUT2D eigenvalue weighted by Gasteiger charge is -2.14. The average molecular weight is 226 g/mol. The highest BCUT2D eigenvalue weighted by Crippen LogP contribution is 2.29. The summed E-state index contributed by atoms with van der Waals surface area (Å²) in [7, 11) is -0.584. The van der Waals surface area contributed by atoms with Crippen molar-refractivity contribution in [1.82, 2.24) is 4.98 Å². The predicted molar refractivity (Wildman–Crippen MR) is 71.9 cm³/mol. The van der Waals surface area contributed by atoms with Gasteiger partial charge in [-0.2, -0.15) is 0 Å². The number of aromatic nitrogens is 1. The molecule has 2 N–H and O–H groups in total. The predicted octanol–water partition coefficient (Wildman–Crippen LogP) is 2.58. The second-order valence-corrected chi connectivity index (χ2v) is 4.03. The molecule has 0 unspecified atom stereocenters. The fraction of sp³-hybridized carbons (Fsp3) is 0.154. The maximum absolute atomic E-state index is 9.44. The Bertz CT molecular complexity index is 500. The zero-order chi connectivity index (χ0) is 12.3. The molecule has 1 aromatic heterocycles. The van der Waals surface area contributed by atoms with Gasteiger partial charge in [0.05, 0.1) is 5.69 Å². The van der Waals surface area contributed by atoms with E-state index in [9.17, 15) is 5.02 Å². The molecule has 0 aliphatic carbocycles. The smallest absolute Gasteiger partial charge is 0.406 e. The average Bonchev–Trinajstić information content (AvgIpc) is 2.29. The Morgan fingerprint density at radius 3 is 2.65 bits per heavy atom. The molecule has 0 amide bonds. The molecule has 0 saturated heterocycles. The summed E-state index contributed by atoms with van der Waals surface area (Å²) < 4.78 is 0. The number of pyridine rings is 1. The first kappa shape index (κ1) is 11.7. The third kappa shape index (κ3) is 2.66. The van der Waals surface area contributed by atoms with Crippen LogP contribution in [0, 0.1) is 6.92 Å². The number of hydrogen-bond acceptors (Lipinski definition) is 3. The summed E-state index contributed by atoms with van der Waals surface area (Å²) in [5, 5.41) is 12.5. The van der Waals surface area contributed by atoms with Gasteiger partial charge in [0, 0.05) is 17.4 Å². The molecule has 0 spiro atoms. The minimum absolute atomic E-state index is 0.584. The highest BCUT2D eigenvalue weighted by atomic mass is 16.2. The van der Waals surface area contributed by atoms with Crippen molar-refractivity contribution >= 4 is 12.7 Å². The Balaban J connectivity index is 2.51. The number of anilines is 1. The summed E-state index contributed by atoms with van der Waals surface area (Å²) in [6, 6.07) is 11.8. The lowest BCUT2D eigenvalue weighted by molar-refractivity contribution is 0.587. The van der Waals surface area contributed by atoms with Gasteiger partial charge in [0.25, 0.3) is 0 Å². The van der Waals surface area contributed by atoms with Crippen molar-refractivity contribution in [2.45, 2.75) is 13.7 Å². The second kappa shape index (κ2) is 5.02. The van der Waals surface area contributed by atoms with Gasteiger partial charge in [-0.15, -0.1) is 0 Å². The fourth-order valence-electron chi connectivity index (χ4n) is 1.86. The summed E-state index contributed by atoms with van der Waals surface area (Å²) in [4.78, 5) is 4.36. The van der Waals surface area contributed by atoms with Gasteiger partial charge in [-0.25, -0.2) is 0 Å². The molecular formula is C13H15BN2O. The molecule has 0 aliphatic heterocycles. The summed E-state index contributed by atoms with van der Waals surface area (Å²) in [6.07, 6.45) is 1.77. The molecule has 17 heavy (non-hydrogen) atoms. The number of nitrogens with zero attached hydrogens (tertiary/aromatic N) is 1. The van der Waals surface area contributed by atoms with Crippen molar-refractivity contribution in [3.05, 3.63) is 48.2 Å². The Labute approximate surface area is 102 Å². The summed E-state index contributed by atoms with van der Waals surface area (Å²) in [5.74, 6) is 0. The lowest BCUT2D eigenvalue weighted by atomic mass is 9.87. The van der Waals surface area contributed by atoms with Crippen molar-refractivity contribution in [3.63, 3.8) is 0 Å². The Kier molecular flexibility index (Phi) is 3.45. The van der Waals surface area contributed by atoms with Gasteiger partial charge in [0.2, 0.25) is 0 Å².